The van der Waals surface area contributed by atoms with Crippen molar-refractivity contribution in [3.63, 3.8) is 0 Å². The molecule has 4 nitrogen and oxygen atoms in total. The van der Waals surface area contributed by atoms with Crippen molar-refractivity contribution in [3.8, 4) is 0 Å². The fraction of sp³-hybridized carbons (Fsp3) is 0.400. The Kier molecular flexibility index (Phi) is 5.26. The molecule has 0 spiro atoms. The second-order valence-corrected chi connectivity index (χ2v) is 6.57. The molecule has 1 aromatic heterocycles. The molecule has 0 bridgehead atoms. The van der Waals surface area contributed by atoms with Crippen LogP contribution in [0.15, 0.2) is 42.5 Å². The maximum absolute atomic E-state index is 10.8. The van der Waals surface area contributed by atoms with E-state index in [0.717, 1.165) is 30.9 Å². The first kappa shape index (κ1) is 16.7. The molecule has 2 aromatic rings. The molecule has 0 radical (unpaired) electrons. The molecule has 0 unspecified atom stereocenters. The molecule has 1 atom stereocenters. The van der Waals surface area contributed by atoms with E-state index in [-0.39, 0.29) is 6.42 Å². The van der Waals surface area contributed by atoms with Crippen LogP contribution in [-0.4, -0.2) is 27.5 Å². The Morgan fingerprint density at radius 3 is 2.92 bits per heavy atom. The topological polar surface area (TPSA) is 53.4 Å². The van der Waals surface area contributed by atoms with Crippen LogP contribution in [0.3, 0.4) is 0 Å². The van der Waals surface area contributed by atoms with E-state index in [9.17, 15) is 4.79 Å². The van der Waals surface area contributed by atoms with Gasteiger partial charge >= 0.3 is 5.97 Å². The van der Waals surface area contributed by atoms with Crippen LogP contribution in [0.5, 0.6) is 0 Å². The normalized spacial score (nSPS) is 18.0. The average molecular weight is 324 g/mol. The van der Waals surface area contributed by atoms with E-state index in [4.69, 9.17) is 10.1 Å². The average Bonchev–Trinajstić information content (AvgIpc) is 3.01. The van der Waals surface area contributed by atoms with Crippen molar-refractivity contribution in [1.82, 2.24) is 9.88 Å². The second kappa shape index (κ2) is 7.58. The van der Waals surface area contributed by atoms with Gasteiger partial charge in [-0.2, -0.15) is 0 Å². The third-order valence-electron chi connectivity index (χ3n) is 4.60. The lowest BCUT2D eigenvalue weighted by atomic mass is 10.1. The quantitative estimate of drug-likeness (QED) is 0.879. The number of aliphatic carboxylic acids is 1. The first-order valence-corrected chi connectivity index (χ1v) is 8.59. The predicted octanol–water partition coefficient (Wildman–Crippen LogP) is 3.74. The Morgan fingerprint density at radius 2 is 2.12 bits per heavy atom. The zero-order chi connectivity index (χ0) is 16.9. The van der Waals surface area contributed by atoms with Gasteiger partial charge < -0.3 is 5.11 Å². The van der Waals surface area contributed by atoms with Crippen LogP contribution in [0.4, 0.5) is 0 Å². The fourth-order valence-electron chi connectivity index (χ4n) is 3.45. The van der Waals surface area contributed by atoms with Gasteiger partial charge in [0.25, 0.3) is 0 Å². The minimum absolute atomic E-state index is 0.133. The van der Waals surface area contributed by atoms with Crippen molar-refractivity contribution in [2.24, 2.45) is 0 Å². The van der Waals surface area contributed by atoms with E-state index < -0.39 is 5.97 Å². The number of pyridine rings is 1. The van der Waals surface area contributed by atoms with E-state index >= 15 is 0 Å². The van der Waals surface area contributed by atoms with Gasteiger partial charge in [0.05, 0.1) is 18.2 Å². The number of carbonyl (C=O) groups is 1. The molecule has 126 valence electrons. The molecule has 4 heteroatoms. The molecule has 1 aliphatic rings. The van der Waals surface area contributed by atoms with Gasteiger partial charge in [0, 0.05) is 18.7 Å². The van der Waals surface area contributed by atoms with Gasteiger partial charge in [-0.15, -0.1) is 0 Å². The molecule has 1 fully saturated rings. The predicted molar refractivity (Wildman–Crippen MR) is 93.8 cm³/mol. The number of hydrogen-bond donors (Lipinski definition) is 1. The summed E-state index contributed by atoms with van der Waals surface area (Å²) in [4.78, 5) is 18.0. The Labute approximate surface area is 143 Å². The van der Waals surface area contributed by atoms with Crippen LogP contribution in [-0.2, 0) is 17.8 Å². The highest BCUT2D eigenvalue weighted by Gasteiger charge is 2.27. The van der Waals surface area contributed by atoms with E-state index in [1.165, 1.54) is 17.5 Å². The molecule has 1 saturated heterocycles. The van der Waals surface area contributed by atoms with E-state index in [1.807, 2.05) is 12.1 Å². The summed E-state index contributed by atoms with van der Waals surface area (Å²) in [6, 6.07) is 15.0. The minimum Gasteiger partial charge on any atom is -0.481 e. The lowest BCUT2D eigenvalue weighted by Crippen LogP contribution is -2.23. The summed E-state index contributed by atoms with van der Waals surface area (Å²) in [5, 5.41) is 8.85. The van der Waals surface area contributed by atoms with Crippen molar-refractivity contribution in [2.45, 2.75) is 45.2 Å². The Morgan fingerprint density at radius 1 is 1.29 bits per heavy atom. The molecule has 0 saturated carbocycles. The summed E-state index contributed by atoms with van der Waals surface area (Å²) in [6.07, 6.45) is 2.92. The lowest BCUT2D eigenvalue weighted by Gasteiger charge is -2.24. The third kappa shape index (κ3) is 4.20. The number of aryl methyl sites for hydroxylation is 2. The number of carboxylic acids is 1. The van der Waals surface area contributed by atoms with Crippen LogP contribution in [0.1, 0.15) is 47.8 Å². The van der Waals surface area contributed by atoms with Gasteiger partial charge in [-0.25, -0.2) is 0 Å². The summed E-state index contributed by atoms with van der Waals surface area (Å²) >= 11 is 0. The Hall–Kier alpha value is -2.20. The van der Waals surface area contributed by atoms with E-state index in [0.29, 0.717) is 12.5 Å². The number of aromatic nitrogens is 1. The molecule has 0 aliphatic carbocycles. The molecule has 1 aliphatic heterocycles. The van der Waals surface area contributed by atoms with E-state index in [1.54, 1.807) is 0 Å². The molecular weight excluding hydrogens is 300 g/mol. The van der Waals surface area contributed by atoms with Crippen LogP contribution in [0.25, 0.3) is 0 Å². The van der Waals surface area contributed by atoms with Crippen molar-refractivity contribution >= 4 is 5.97 Å². The number of benzene rings is 1. The largest absolute Gasteiger partial charge is 0.481 e. The van der Waals surface area contributed by atoms with Crippen molar-refractivity contribution in [1.29, 1.82) is 0 Å². The number of nitrogens with zero attached hydrogens (tertiary/aromatic N) is 2. The van der Waals surface area contributed by atoms with Crippen molar-refractivity contribution in [3.05, 3.63) is 65.0 Å². The summed E-state index contributed by atoms with van der Waals surface area (Å²) < 4.78 is 0. The van der Waals surface area contributed by atoms with Gasteiger partial charge in [0.1, 0.15) is 0 Å². The van der Waals surface area contributed by atoms with Crippen molar-refractivity contribution in [2.75, 3.05) is 6.54 Å². The molecule has 1 aromatic carbocycles. The third-order valence-corrected chi connectivity index (χ3v) is 4.60. The summed E-state index contributed by atoms with van der Waals surface area (Å²) in [5.41, 5.74) is 4.57. The monoisotopic (exact) mass is 324 g/mol. The highest BCUT2D eigenvalue weighted by molar-refractivity contribution is 5.66. The molecular formula is C20H24N2O2. The highest BCUT2D eigenvalue weighted by Crippen LogP contribution is 2.32. The number of hydrogen-bond acceptors (Lipinski definition) is 3. The Bertz CT molecular complexity index is 714. The van der Waals surface area contributed by atoms with Crippen LogP contribution < -0.4 is 0 Å². The zero-order valence-corrected chi connectivity index (χ0v) is 14.1. The van der Waals surface area contributed by atoms with Crippen molar-refractivity contribution < 1.29 is 9.90 Å². The van der Waals surface area contributed by atoms with Crippen LogP contribution in [0.2, 0.25) is 0 Å². The van der Waals surface area contributed by atoms with E-state index in [2.05, 4.69) is 42.2 Å². The number of rotatable bonds is 6. The number of carboxylic acid groups (broad SMARTS) is 1. The fourth-order valence-corrected chi connectivity index (χ4v) is 3.45. The highest BCUT2D eigenvalue weighted by atomic mass is 16.4. The summed E-state index contributed by atoms with van der Waals surface area (Å²) in [5.74, 6) is -0.774. The molecule has 2 heterocycles. The standard InChI is InChI=1S/C20H24N2O2/c1-15-5-2-6-16(13-15)14-22-12-4-9-19(22)18-8-3-7-17(21-18)10-11-20(23)24/h2-3,5-8,13,19H,4,9-12,14H2,1H3,(H,23,24)/t19-/m1/s1. The maximum Gasteiger partial charge on any atom is 0.303 e. The molecule has 0 amide bonds. The SMILES string of the molecule is Cc1cccc(CN2CCC[C@@H]2c2cccc(CCC(=O)O)n2)c1. The maximum atomic E-state index is 10.8. The number of likely N-dealkylation sites (tertiary alicyclic amines) is 1. The first-order chi connectivity index (χ1) is 11.6. The van der Waals surface area contributed by atoms with Gasteiger partial charge in [0.2, 0.25) is 0 Å². The van der Waals surface area contributed by atoms with Crippen LogP contribution >= 0.6 is 0 Å². The summed E-state index contributed by atoms with van der Waals surface area (Å²) in [7, 11) is 0. The van der Waals surface area contributed by atoms with Crippen LogP contribution in [0, 0.1) is 6.92 Å². The zero-order valence-electron chi connectivity index (χ0n) is 14.1. The summed E-state index contributed by atoms with van der Waals surface area (Å²) in [6.45, 7) is 4.14. The van der Waals surface area contributed by atoms with Gasteiger partial charge in [-0.3, -0.25) is 14.7 Å². The van der Waals surface area contributed by atoms with Gasteiger partial charge in [-0.05, 0) is 44.0 Å². The molecule has 24 heavy (non-hydrogen) atoms. The van der Waals surface area contributed by atoms with Gasteiger partial charge in [-0.1, -0.05) is 35.9 Å². The second-order valence-electron chi connectivity index (χ2n) is 6.57. The smallest absolute Gasteiger partial charge is 0.303 e. The van der Waals surface area contributed by atoms with Gasteiger partial charge in [0.15, 0.2) is 0 Å². The lowest BCUT2D eigenvalue weighted by molar-refractivity contribution is -0.136. The molecule has 1 N–H and O–H groups in total. The molecule has 3 rings (SSSR count). The Balaban J connectivity index is 1.73. The first-order valence-electron chi connectivity index (χ1n) is 8.59. The minimum atomic E-state index is -0.774.